The van der Waals surface area contributed by atoms with Gasteiger partial charge in [-0.15, -0.1) is 0 Å². The summed E-state index contributed by atoms with van der Waals surface area (Å²) in [6.07, 6.45) is 4.97. The van der Waals surface area contributed by atoms with E-state index in [-0.39, 0.29) is 75.2 Å². The van der Waals surface area contributed by atoms with Crippen LogP contribution in [-0.2, 0) is 58.4 Å². The zero-order valence-electron chi connectivity index (χ0n) is 40.1. The normalized spacial score (nSPS) is 14.8. The molecule has 392 valence electrons. The fourth-order valence-electron chi connectivity index (χ4n) is 7.94. The van der Waals surface area contributed by atoms with Crippen molar-refractivity contribution in [2.24, 2.45) is 0 Å². The van der Waals surface area contributed by atoms with E-state index in [1.165, 1.54) is 38.5 Å². The van der Waals surface area contributed by atoms with Crippen LogP contribution in [0.1, 0.15) is 48.6 Å². The van der Waals surface area contributed by atoms with E-state index in [1.54, 1.807) is 97.1 Å². The predicted octanol–water partition coefficient (Wildman–Crippen LogP) is 10.7. The van der Waals surface area contributed by atoms with E-state index in [4.69, 9.17) is 55.9 Å². The number of hydrogen-bond acceptors (Lipinski definition) is 12. The Morgan fingerprint density at radius 1 is 0.473 bits per heavy atom. The fourth-order valence-corrected chi connectivity index (χ4v) is 13.9. The van der Waals surface area contributed by atoms with Gasteiger partial charge in [0.15, 0.2) is 39.3 Å². The molecule has 6 aromatic rings. The maximum atomic E-state index is 13.1. The van der Waals surface area contributed by atoms with Crippen LogP contribution in [-0.4, -0.2) is 95.9 Å². The molecular weight excluding hydrogens is 1110 g/mol. The molecule has 14 nitrogen and oxygen atoms in total. The molecule has 74 heavy (non-hydrogen) atoms. The van der Waals surface area contributed by atoms with Crippen molar-refractivity contribution in [3.05, 3.63) is 153 Å². The summed E-state index contributed by atoms with van der Waals surface area (Å²) in [5.41, 5.74) is 4.22. The number of rotatable bonds is 18. The van der Waals surface area contributed by atoms with Gasteiger partial charge < -0.3 is 20.1 Å². The van der Waals surface area contributed by atoms with Crippen LogP contribution in [0.15, 0.2) is 141 Å². The van der Waals surface area contributed by atoms with Gasteiger partial charge in [-0.2, -0.15) is 0 Å². The summed E-state index contributed by atoms with van der Waals surface area (Å²) in [5, 5.41) is 6.11. The Bertz CT molecular complexity index is 3260. The summed E-state index contributed by atoms with van der Waals surface area (Å²) < 4.78 is 107. The highest BCUT2D eigenvalue weighted by atomic mass is 35.5. The predicted molar refractivity (Wildman–Crippen MR) is 290 cm³/mol. The molecule has 22 heteroatoms. The number of halogens is 4. The lowest BCUT2D eigenvalue weighted by molar-refractivity contribution is -0.119. The van der Waals surface area contributed by atoms with Crippen molar-refractivity contribution in [2.45, 2.75) is 67.6 Å². The van der Waals surface area contributed by atoms with Crippen molar-refractivity contribution in [1.29, 1.82) is 0 Å². The van der Waals surface area contributed by atoms with Crippen LogP contribution in [0, 0.1) is 0 Å². The third-order valence-corrected chi connectivity index (χ3v) is 20.2. The number of anilines is 2. The molecule has 0 unspecified atom stereocenters. The number of carbonyl (C=O) groups excluding carboxylic acids is 2. The number of amides is 2. The number of ether oxygens (including phenoxy) is 2. The first-order chi connectivity index (χ1) is 34.8. The summed E-state index contributed by atoms with van der Waals surface area (Å²) in [6, 6.07) is 31.2. The topological polar surface area (TPSA) is 213 Å². The van der Waals surface area contributed by atoms with Crippen LogP contribution >= 0.6 is 46.4 Å². The third-order valence-electron chi connectivity index (χ3n) is 12.2. The number of benzene rings is 6. The maximum absolute atomic E-state index is 13.1. The minimum absolute atomic E-state index is 0.0692. The van der Waals surface area contributed by atoms with Gasteiger partial charge in [0.2, 0.25) is 11.8 Å². The van der Waals surface area contributed by atoms with Crippen LogP contribution < -0.4 is 10.6 Å². The van der Waals surface area contributed by atoms with E-state index in [9.17, 15) is 43.3 Å². The second-order valence-electron chi connectivity index (χ2n) is 17.8. The molecule has 0 radical (unpaired) electrons. The molecule has 0 heterocycles. The lowest BCUT2D eigenvalue weighted by Crippen LogP contribution is -2.24. The highest BCUT2D eigenvalue weighted by Crippen LogP contribution is 2.41. The largest absolute Gasteiger partial charge is 0.384 e. The average molecular weight is 1170 g/mol. The first kappa shape index (κ1) is 56.9. The van der Waals surface area contributed by atoms with E-state index in [0.717, 1.165) is 12.5 Å². The van der Waals surface area contributed by atoms with Gasteiger partial charge in [-0.25, -0.2) is 33.7 Å². The van der Waals surface area contributed by atoms with Gasteiger partial charge in [-0.3, -0.25) is 9.59 Å². The van der Waals surface area contributed by atoms with Crippen molar-refractivity contribution in [2.75, 3.05) is 50.6 Å². The summed E-state index contributed by atoms with van der Waals surface area (Å²) >= 11 is 26.1. The number of hydrogen-bond donors (Lipinski definition) is 2. The van der Waals surface area contributed by atoms with Crippen LogP contribution in [0.4, 0.5) is 11.4 Å². The number of methoxy groups -OCH3 is 2. The molecule has 2 aliphatic carbocycles. The zero-order chi connectivity index (χ0) is 53.9. The third kappa shape index (κ3) is 13.6. The maximum Gasteiger partial charge on any atom is 0.234 e. The Morgan fingerprint density at radius 3 is 0.986 bits per heavy atom. The van der Waals surface area contributed by atoms with Crippen molar-refractivity contribution in [3.63, 3.8) is 0 Å². The molecule has 2 fully saturated rings. The molecule has 0 aliphatic heterocycles. The smallest absolute Gasteiger partial charge is 0.234 e. The molecule has 0 saturated heterocycles. The average Bonchev–Trinajstić information content (AvgIpc) is 4.27. The van der Waals surface area contributed by atoms with E-state index < -0.39 is 51.2 Å². The van der Waals surface area contributed by atoms with Crippen LogP contribution in [0.3, 0.4) is 0 Å². The molecule has 2 atom stereocenters. The Morgan fingerprint density at radius 2 is 0.743 bits per heavy atom. The molecule has 0 bridgehead atoms. The van der Waals surface area contributed by atoms with E-state index in [0.29, 0.717) is 70.4 Å². The summed E-state index contributed by atoms with van der Waals surface area (Å²) in [6.45, 7) is 0.138. The number of carbonyl (C=O) groups is 2. The lowest BCUT2D eigenvalue weighted by atomic mass is 9.99. The van der Waals surface area contributed by atoms with Crippen LogP contribution in [0.25, 0.3) is 22.3 Å². The van der Waals surface area contributed by atoms with Gasteiger partial charge in [0.1, 0.15) is 0 Å². The highest BCUT2D eigenvalue weighted by Gasteiger charge is 2.38. The second-order valence-corrected chi connectivity index (χ2v) is 28.0. The van der Waals surface area contributed by atoms with Crippen LogP contribution in [0.2, 0.25) is 20.1 Å². The Hall–Kier alpha value is -4.86. The standard InChI is InChI=1S/2C26H25Cl2NO6S2/c2*1-35-15-22(16-3-7-19(8-4-16)36(2,31)32)26(30)29-18-13-23(27)25(24(28)14-18)17-5-9-20(10-6-17)37(33,34)21-11-12-21/h2*3-10,13-14,21-22H,11-12,15H2,1-2H3,(H,29,30)/t2*22-/m10/s1. The summed E-state index contributed by atoms with van der Waals surface area (Å²) in [4.78, 5) is 27.0. The Balaban J connectivity index is 0.000000216. The van der Waals surface area contributed by atoms with E-state index in [1.807, 2.05) is 0 Å². The molecule has 2 N–H and O–H groups in total. The molecule has 0 spiro atoms. The SMILES string of the molecule is COC[C@@H](C(=O)Nc1cc(Cl)c(-c2ccc(S(=O)(=O)C3CC3)cc2)c(Cl)c1)c1ccc(S(C)(=O)=O)cc1.COC[C@H](C(=O)Nc1cc(Cl)c(-c2ccc(S(=O)(=O)C3CC3)cc2)c(Cl)c1)c1ccc(S(C)(=O)=O)cc1. The highest BCUT2D eigenvalue weighted by molar-refractivity contribution is 7.92. The summed E-state index contributed by atoms with van der Waals surface area (Å²) in [7, 11) is -10.4. The molecule has 2 amide bonds. The van der Waals surface area contributed by atoms with Crippen molar-refractivity contribution in [3.8, 4) is 22.3 Å². The van der Waals surface area contributed by atoms with Gasteiger partial charge in [0.05, 0.1) is 75.2 Å². The molecule has 0 aromatic heterocycles. The monoisotopic (exact) mass is 1160 g/mol. The second kappa shape index (κ2) is 23.2. The molecular formula is C52H50Cl4N2O12S4. The first-order valence-electron chi connectivity index (χ1n) is 22.7. The first-order valence-corrected chi connectivity index (χ1v) is 31.1. The van der Waals surface area contributed by atoms with Gasteiger partial charge in [0.25, 0.3) is 0 Å². The summed E-state index contributed by atoms with van der Waals surface area (Å²) in [5.74, 6) is -2.19. The number of sulfone groups is 4. The molecule has 8 rings (SSSR count). The van der Waals surface area contributed by atoms with Crippen LogP contribution in [0.5, 0.6) is 0 Å². The Labute approximate surface area is 451 Å². The molecule has 2 aliphatic rings. The van der Waals surface area contributed by atoms with Crippen molar-refractivity contribution < 1.29 is 52.7 Å². The quantitative estimate of drug-likeness (QED) is 0.0823. The fraction of sp³-hybridized carbons (Fsp3) is 0.269. The lowest BCUT2D eigenvalue weighted by Gasteiger charge is -2.18. The molecule has 6 aromatic carbocycles. The minimum Gasteiger partial charge on any atom is -0.384 e. The van der Waals surface area contributed by atoms with Crippen molar-refractivity contribution in [1.82, 2.24) is 0 Å². The van der Waals surface area contributed by atoms with E-state index in [2.05, 4.69) is 10.6 Å². The van der Waals surface area contributed by atoms with E-state index >= 15 is 0 Å². The number of nitrogens with one attached hydrogen (secondary N) is 2. The Kier molecular flexibility index (Phi) is 17.8. The van der Waals surface area contributed by atoms with Gasteiger partial charge >= 0.3 is 0 Å². The van der Waals surface area contributed by atoms with Gasteiger partial charge in [-0.05, 0) is 121 Å². The van der Waals surface area contributed by atoms with Crippen molar-refractivity contribution >= 4 is 109 Å². The molecule has 2 saturated carbocycles. The van der Waals surface area contributed by atoms with Gasteiger partial charge in [0, 0.05) is 49.2 Å². The minimum atomic E-state index is -3.36. The van der Waals surface area contributed by atoms with Gasteiger partial charge in [-0.1, -0.05) is 94.9 Å². The zero-order valence-corrected chi connectivity index (χ0v) is 46.4.